The molecule has 5 aromatic carbocycles. The Kier molecular flexibility index (Phi) is 9.31. The maximum Gasteiger partial charge on any atom is 0.193 e. The van der Waals surface area contributed by atoms with E-state index in [0.717, 1.165) is 39.1 Å². The highest BCUT2D eigenvalue weighted by Gasteiger charge is 2.51. The topological polar surface area (TPSA) is 30.0 Å². The lowest BCUT2D eigenvalue weighted by Gasteiger charge is -2.20. The van der Waals surface area contributed by atoms with E-state index in [4.69, 9.17) is 4.98 Å². The Bertz CT molecular complexity index is 1940. The van der Waals surface area contributed by atoms with E-state index in [1.54, 1.807) is 0 Å². The fourth-order valence-electron chi connectivity index (χ4n) is 6.95. The van der Waals surface area contributed by atoms with Crippen molar-refractivity contribution in [1.29, 1.82) is 0 Å². The summed E-state index contributed by atoms with van der Waals surface area (Å²) < 4.78 is 0. The van der Waals surface area contributed by atoms with Crippen LogP contribution in [0.2, 0.25) is 0 Å². The quantitative estimate of drug-likeness (QED) is 0.160. The molecule has 234 valence electrons. The van der Waals surface area contributed by atoms with Crippen molar-refractivity contribution < 1.29 is 4.79 Å². The molecule has 1 heterocycles. The van der Waals surface area contributed by atoms with Crippen molar-refractivity contribution in [2.24, 2.45) is 5.92 Å². The molecule has 0 aliphatic heterocycles. The Balaban J connectivity index is 0.00000190. The minimum atomic E-state index is 0.0160. The molecule has 2 heteroatoms. The van der Waals surface area contributed by atoms with Crippen LogP contribution >= 0.6 is 0 Å². The van der Waals surface area contributed by atoms with Crippen molar-refractivity contribution in [1.82, 2.24) is 4.98 Å². The molecular weight excluding hydrogens is 571 g/mol. The fourth-order valence-corrected chi connectivity index (χ4v) is 6.95. The molecule has 2 unspecified atom stereocenters. The lowest BCUT2D eigenvalue weighted by molar-refractivity contribution is 0.103. The summed E-state index contributed by atoms with van der Waals surface area (Å²) >= 11 is 0. The van der Waals surface area contributed by atoms with E-state index in [1.165, 1.54) is 29.5 Å². The van der Waals surface area contributed by atoms with Gasteiger partial charge in [-0.25, -0.2) is 0 Å². The Morgan fingerprint density at radius 1 is 0.660 bits per heavy atom. The lowest BCUT2D eigenvalue weighted by atomic mass is 9.84. The lowest BCUT2D eigenvalue weighted by Crippen LogP contribution is -2.08. The third kappa shape index (κ3) is 6.46. The van der Waals surface area contributed by atoms with Gasteiger partial charge in [0, 0.05) is 22.9 Å². The summed E-state index contributed by atoms with van der Waals surface area (Å²) in [5.41, 5.74) is 12.7. The number of benzene rings is 5. The van der Waals surface area contributed by atoms with Crippen molar-refractivity contribution in [3.8, 4) is 44.6 Å². The summed E-state index contributed by atoms with van der Waals surface area (Å²) in [4.78, 5) is 19.0. The zero-order chi connectivity index (χ0) is 33.0. The molecule has 0 spiro atoms. The van der Waals surface area contributed by atoms with Gasteiger partial charge in [-0.2, -0.15) is 0 Å². The SMILES string of the molecule is CC.CCC1CC1(C)c1cc(C)c(-c2cccc(C(=O)c3cc(-c4ccccc4)cc(-c4ccccc4)c3)c2)cc1-c1ccccn1. The highest BCUT2D eigenvalue weighted by molar-refractivity contribution is 6.11. The molecule has 1 aromatic heterocycles. The van der Waals surface area contributed by atoms with E-state index in [-0.39, 0.29) is 11.2 Å². The summed E-state index contributed by atoms with van der Waals surface area (Å²) in [6.07, 6.45) is 4.26. The Morgan fingerprint density at radius 2 is 1.26 bits per heavy atom. The monoisotopic (exact) mass is 613 g/mol. The number of ketones is 1. The van der Waals surface area contributed by atoms with Gasteiger partial charge in [0.05, 0.1) is 5.69 Å². The Labute approximate surface area is 280 Å². The molecule has 1 fully saturated rings. The number of hydrogen-bond acceptors (Lipinski definition) is 2. The maximum absolute atomic E-state index is 14.2. The molecule has 1 aliphatic rings. The second-order valence-electron chi connectivity index (χ2n) is 12.6. The van der Waals surface area contributed by atoms with Crippen LogP contribution in [0.5, 0.6) is 0 Å². The fraction of sp³-hybridized carbons (Fsp3) is 0.200. The Morgan fingerprint density at radius 3 is 1.83 bits per heavy atom. The summed E-state index contributed by atoms with van der Waals surface area (Å²) in [6.45, 7) is 10.9. The molecule has 47 heavy (non-hydrogen) atoms. The van der Waals surface area contributed by atoms with E-state index in [9.17, 15) is 4.79 Å². The number of rotatable bonds is 8. The molecule has 6 aromatic rings. The van der Waals surface area contributed by atoms with E-state index in [2.05, 4.69) is 87.5 Å². The molecule has 1 saturated carbocycles. The van der Waals surface area contributed by atoms with Crippen molar-refractivity contribution in [3.63, 3.8) is 0 Å². The van der Waals surface area contributed by atoms with Crippen LogP contribution in [0, 0.1) is 12.8 Å². The van der Waals surface area contributed by atoms with Crippen LogP contribution in [0.25, 0.3) is 44.6 Å². The predicted octanol–water partition coefficient (Wildman–Crippen LogP) is 12.0. The van der Waals surface area contributed by atoms with Gasteiger partial charge in [-0.05, 0) is 112 Å². The molecule has 0 radical (unpaired) electrons. The minimum absolute atomic E-state index is 0.0160. The summed E-state index contributed by atoms with van der Waals surface area (Å²) in [7, 11) is 0. The van der Waals surface area contributed by atoms with Crippen molar-refractivity contribution in [3.05, 3.63) is 162 Å². The molecule has 0 bridgehead atoms. The van der Waals surface area contributed by atoms with Crippen LogP contribution in [0.1, 0.15) is 67.6 Å². The van der Waals surface area contributed by atoms with Crippen molar-refractivity contribution >= 4 is 5.78 Å². The molecule has 0 N–H and O–H groups in total. The third-order valence-corrected chi connectivity index (χ3v) is 9.67. The van der Waals surface area contributed by atoms with E-state index >= 15 is 0 Å². The van der Waals surface area contributed by atoms with Gasteiger partial charge in [0.1, 0.15) is 0 Å². The molecule has 2 nitrogen and oxygen atoms in total. The van der Waals surface area contributed by atoms with Gasteiger partial charge in [0.15, 0.2) is 5.78 Å². The number of hydrogen-bond donors (Lipinski definition) is 0. The molecule has 0 saturated heterocycles. The molecule has 2 atom stereocenters. The van der Waals surface area contributed by atoms with Crippen LogP contribution in [0.3, 0.4) is 0 Å². The van der Waals surface area contributed by atoms with Crippen molar-refractivity contribution in [2.45, 2.75) is 52.9 Å². The number of aryl methyl sites for hydroxylation is 1. The molecule has 1 aliphatic carbocycles. The van der Waals surface area contributed by atoms with Crippen LogP contribution < -0.4 is 0 Å². The van der Waals surface area contributed by atoms with Gasteiger partial charge in [0.2, 0.25) is 0 Å². The number of carbonyl (C=O) groups is 1. The average molecular weight is 614 g/mol. The predicted molar refractivity (Wildman–Crippen MR) is 198 cm³/mol. The first-order valence-corrected chi connectivity index (χ1v) is 16.9. The average Bonchev–Trinajstić information content (AvgIpc) is 3.84. The first kappa shape index (κ1) is 31.9. The third-order valence-electron chi connectivity index (χ3n) is 9.67. The smallest absolute Gasteiger partial charge is 0.193 e. The zero-order valence-electron chi connectivity index (χ0n) is 28.1. The number of carbonyl (C=O) groups excluding carboxylic acids is 1. The Hall–Kier alpha value is -5.08. The van der Waals surface area contributed by atoms with Crippen LogP contribution in [0.4, 0.5) is 0 Å². The molecule has 0 amide bonds. The van der Waals surface area contributed by atoms with Gasteiger partial charge >= 0.3 is 0 Å². The van der Waals surface area contributed by atoms with E-state index in [1.807, 2.05) is 86.8 Å². The second-order valence-corrected chi connectivity index (χ2v) is 12.6. The highest BCUT2D eigenvalue weighted by Crippen LogP contribution is 2.58. The number of aromatic nitrogens is 1. The van der Waals surface area contributed by atoms with Gasteiger partial charge in [-0.15, -0.1) is 0 Å². The largest absolute Gasteiger partial charge is 0.289 e. The zero-order valence-corrected chi connectivity index (χ0v) is 28.1. The second kappa shape index (κ2) is 13.7. The normalized spacial score (nSPS) is 16.6. The van der Waals surface area contributed by atoms with Crippen LogP contribution in [0.15, 0.2) is 140 Å². The van der Waals surface area contributed by atoms with Crippen LogP contribution in [-0.2, 0) is 5.41 Å². The van der Waals surface area contributed by atoms with Crippen LogP contribution in [-0.4, -0.2) is 10.8 Å². The number of pyridine rings is 1. The van der Waals surface area contributed by atoms with E-state index < -0.39 is 0 Å². The standard InChI is InChI=1S/C43H37NO.C2H6/c1-4-37-28-43(37,3)40-22-29(2)38(27-39(40)41-20-11-12-21-44-41)32-18-13-19-33(23-32)42(45)36-25-34(30-14-7-5-8-15-30)24-35(26-36)31-16-9-6-10-17-31;1-2/h5-27,37H,4,28H2,1-3H3;1-2H3. The summed E-state index contributed by atoms with van der Waals surface area (Å²) in [5.74, 6) is 0.709. The summed E-state index contributed by atoms with van der Waals surface area (Å²) in [5, 5.41) is 0. The first-order valence-electron chi connectivity index (χ1n) is 16.9. The van der Waals surface area contributed by atoms with Gasteiger partial charge in [0.25, 0.3) is 0 Å². The highest BCUT2D eigenvalue weighted by atomic mass is 16.1. The van der Waals surface area contributed by atoms with Gasteiger partial charge in [-0.3, -0.25) is 9.78 Å². The number of nitrogens with zero attached hydrogens (tertiary/aromatic N) is 1. The first-order chi connectivity index (χ1) is 22.9. The van der Waals surface area contributed by atoms with Crippen molar-refractivity contribution in [2.75, 3.05) is 0 Å². The molecular formula is C45H43NO. The minimum Gasteiger partial charge on any atom is -0.289 e. The summed E-state index contributed by atoms with van der Waals surface area (Å²) in [6, 6.07) is 45.7. The molecule has 7 rings (SSSR count). The van der Waals surface area contributed by atoms with E-state index in [0.29, 0.717) is 17.0 Å². The maximum atomic E-state index is 14.2. The van der Waals surface area contributed by atoms with Gasteiger partial charge < -0.3 is 0 Å². The van der Waals surface area contributed by atoms with Gasteiger partial charge in [-0.1, -0.05) is 125 Å².